The van der Waals surface area contributed by atoms with Gasteiger partial charge in [0, 0.05) is 30.4 Å². The number of methoxy groups -OCH3 is 1. The second kappa shape index (κ2) is 9.12. The second-order valence-corrected chi connectivity index (χ2v) is 7.08. The van der Waals surface area contributed by atoms with Crippen molar-refractivity contribution in [2.75, 3.05) is 20.2 Å². The van der Waals surface area contributed by atoms with Crippen molar-refractivity contribution < 1.29 is 19.5 Å². The molecule has 3 rings (SSSR count). The highest BCUT2D eigenvalue weighted by Gasteiger charge is 2.29. The van der Waals surface area contributed by atoms with Gasteiger partial charge in [0.15, 0.2) is 5.84 Å². The van der Waals surface area contributed by atoms with E-state index in [1.165, 1.54) is 7.11 Å². The molecule has 28 heavy (non-hydrogen) atoms. The molecule has 0 saturated carbocycles. The number of amidine groups is 1. The molecular formula is C19H19Cl2N3O4. The van der Waals surface area contributed by atoms with Gasteiger partial charge >= 0.3 is 5.97 Å². The van der Waals surface area contributed by atoms with Crippen LogP contribution in [-0.4, -0.2) is 47.1 Å². The lowest BCUT2D eigenvalue weighted by molar-refractivity contribution is -0.146. The van der Waals surface area contributed by atoms with Gasteiger partial charge in [0.2, 0.25) is 5.88 Å². The Bertz CT molecular complexity index is 883. The lowest BCUT2D eigenvalue weighted by Crippen LogP contribution is -2.41. The quantitative estimate of drug-likeness (QED) is 0.260. The zero-order valence-corrected chi connectivity index (χ0v) is 16.7. The Morgan fingerprint density at radius 2 is 2.04 bits per heavy atom. The van der Waals surface area contributed by atoms with Crippen molar-refractivity contribution in [3.63, 3.8) is 0 Å². The third kappa shape index (κ3) is 4.48. The molecule has 148 valence electrons. The van der Waals surface area contributed by atoms with Crippen LogP contribution in [-0.2, 0) is 9.53 Å². The molecule has 0 bridgehead atoms. The van der Waals surface area contributed by atoms with E-state index in [1.54, 1.807) is 36.5 Å². The highest BCUT2D eigenvalue weighted by Crippen LogP contribution is 2.33. The van der Waals surface area contributed by atoms with Crippen molar-refractivity contribution >= 4 is 35.0 Å². The molecule has 0 unspecified atom stereocenters. The van der Waals surface area contributed by atoms with Crippen LogP contribution in [0.1, 0.15) is 18.4 Å². The maximum absolute atomic E-state index is 11.7. The van der Waals surface area contributed by atoms with Crippen molar-refractivity contribution in [3.05, 3.63) is 52.1 Å². The summed E-state index contributed by atoms with van der Waals surface area (Å²) in [6, 6.07) is 8.32. The number of pyridine rings is 1. The van der Waals surface area contributed by atoms with E-state index in [-0.39, 0.29) is 17.8 Å². The van der Waals surface area contributed by atoms with Crippen LogP contribution in [0, 0.1) is 5.92 Å². The van der Waals surface area contributed by atoms with Crippen molar-refractivity contribution in [1.29, 1.82) is 0 Å². The molecule has 0 amide bonds. The Kier molecular flexibility index (Phi) is 6.59. The van der Waals surface area contributed by atoms with Crippen LogP contribution in [0.25, 0.3) is 0 Å². The van der Waals surface area contributed by atoms with E-state index in [1.807, 2.05) is 4.90 Å². The standard InChI is InChI=1S/C19H19Cl2N3O4/c1-27-19(25)12-6-9-24(10-7-12)17(23-26)14-3-2-8-22-18(14)28-16-11-13(20)4-5-15(16)21/h2-5,8,11-12,26H,6-7,9-10H2,1H3/b23-17-. The fraction of sp³-hybridized carbons (Fsp3) is 0.316. The summed E-state index contributed by atoms with van der Waals surface area (Å²) in [7, 11) is 1.38. The van der Waals surface area contributed by atoms with Crippen LogP contribution in [0.5, 0.6) is 11.6 Å². The number of halogens is 2. The van der Waals surface area contributed by atoms with Crippen LogP contribution in [0.15, 0.2) is 41.7 Å². The van der Waals surface area contributed by atoms with Crippen LogP contribution in [0.2, 0.25) is 10.0 Å². The molecule has 2 aromatic rings. The first-order valence-corrected chi connectivity index (χ1v) is 9.42. The minimum Gasteiger partial charge on any atom is -0.469 e. The molecule has 1 saturated heterocycles. The molecule has 1 aromatic heterocycles. The van der Waals surface area contributed by atoms with Crippen LogP contribution in [0.3, 0.4) is 0 Å². The summed E-state index contributed by atoms with van der Waals surface area (Å²) in [6.07, 6.45) is 2.76. The summed E-state index contributed by atoms with van der Waals surface area (Å²) in [4.78, 5) is 17.9. The van der Waals surface area contributed by atoms with Gasteiger partial charge in [0.25, 0.3) is 0 Å². The second-order valence-electron chi connectivity index (χ2n) is 6.24. The number of ether oxygens (including phenoxy) is 2. The summed E-state index contributed by atoms with van der Waals surface area (Å²) in [5, 5.41) is 14.0. The Hall–Kier alpha value is -2.51. The smallest absolute Gasteiger partial charge is 0.308 e. The van der Waals surface area contributed by atoms with Crippen molar-refractivity contribution in [2.24, 2.45) is 11.1 Å². The first-order valence-electron chi connectivity index (χ1n) is 8.66. The largest absolute Gasteiger partial charge is 0.469 e. The van der Waals surface area contributed by atoms with E-state index in [2.05, 4.69) is 10.1 Å². The summed E-state index contributed by atoms with van der Waals surface area (Å²) >= 11 is 12.2. The minimum absolute atomic E-state index is 0.156. The topological polar surface area (TPSA) is 84.2 Å². The van der Waals surface area contributed by atoms with Gasteiger partial charge in [0.05, 0.1) is 23.6 Å². The van der Waals surface area contributed by atoms with Crippen LogP contribution >= 0.6 is 23.2 Å². The molecule has 7 nitrogen and oxygen atoms in total. The number of esters is 1. The Morgan fingerprint density at radius 1 is 1.29 bits per heavy atom. The maximum Gasteiger partial charge on any atom is 0.308 e. The molecule has 1 aliphatic rings. The third-order valence-corrected chi connectivity index (χ3v) is 5.08. The predicted octanol–water partition coefficient (Wildman–Crippen LogP) is 4.20. The lowest BCUT2D eigenvalue weighted by Gasteiger charge is -2.32. The molecule has 1 aromatic carbocycles. The molecule has 1 N–H and O–H groups in total. The minimum atomic E-state index is -0.219. The molecule has 1 aliphatic heterocycles. The highest BCUT2D eigenvalue weighted by molar-refractivity contribution is 6.34. The molecule has 0 spiro atoms. The number of hydrogen-bond donors (Lipinski definition) is 1. The Balaban J connectivity index is 1.83. The molecule has 9 heteroatoms. The van der Waals surface area contributed by atoms with Gasteiger partial charge in [-0.05, 0) is 37.1 Å². The maximum atomic E-state index is 11.7. The average Bonchev–Trinajstić information content (AvgIpc) is 2.72. The molecule has 2 heterocycles. The number of likely N-dealkylation sites (tertiary alicyclic amines) is 1. The predicted molar refractivity (Wildman–Crippen MR) is 105 cm³/mol. The van der Waals surface area contributed by atoms with Crippen LogP contribution < -0.4 is 4.74 Å². The van der Waals surface area contributed by atoms with Crippen LogP contribution in [0.4, 0.5) is 0 Å². The first kappa shape index (κ1) is 20.2. The zero-order chi connectivity index (χ0) is 20.1. The molecule has 0 radical (unpaired) electrons. The fourth-order valence-electron chi connectivity index (χ4n) is 3.08. The van der Waals surface area contributed by atoms with E-state index in [0.717, 1.165) is 0 Å². The number of carbonyl (C=O) groups is 1. The van der Waals surface area contributed by atoms with E-state index in [0.29, 0.717) is 53.1 Å². The Labute approximate surface area is 172 Å². The first-order chi connectivity index (χ1) is 13.5. The van der Waals surface area contributed by atoms with Gasteiger partial charge in [-0.1, -0.05) is 28.4 Å². The number of rotatable bonds is 4. The lowest BCUT2D eigenvalue weighted by atomic mass is 9.96. The number of aromatic nitrogens is 1. The summed E-state index contributed by atoms with van der Waals surface area (Å²) in [6.45, 7) is 1.07. The van der Waals surface area contributed by atoms with Gasteiger partial charge < -0.3 is 19.6 Å². The molecule has 0 atom stereocenters. The number of oxime groups is 1. The number of carbonyl (C=O) groups excluding carboxylic acids is 1. The van der Waals surface area contributed by atoms with Gasteiger partial charge in [-0.25, -0.2) is 4.98 Å². The summed E-state index contributed by atoms with van der Waals surface area (Å²) in [5.41, 5.74) is 0.498. The highest BCUT2D eigenvalue weighted by atomic mass is 35.5. The molecule has 1 fully saturated rings. The van der Waals surface area contributed by atoms with Crippen molar-refractivity contribution in [2.45, 2.75) is 12.8 Å². The van der Waals surface area contributed by atoms with Gasteiger partial charge in [-0.15, -0.1) is 0 Å². The van der Waals surface area contributed by atoms with Gasteiger partial charge in [0.1, 0.15) is 5.75 Å². The normalized spacial score (nSPS) is 15.4. The monoisotopic (exact) mass is 423 g/mol. The molecule has 0 aliphatic carbocycles. The fourth-order valence-corrected chi connectivity index (χ4v) is 3.40. The van der Waals surface area contributed by atoms with E-state index >= 15 is 0 Å². The zero-order valence-electron chi connectivity index (χ0n) is 15.1. The average molecular weight is 424 g/mol. The number of hydrogen-bond acceptors (Lipinski definition) is 6. The summed E-state index contributed by atoms with van der Waals surface area (Å²) < 4.78 is 10.7. The van der Waals surface area contributed by atoms with Crippen molar-refractivity contribution in [1.82, 2.24) is 9.88 Å². The SMILES string of the molecule is COC(=O)C1CCN(/C(=N\O)c2cccnc2Oc2cc(Cl)ccc2Cl)CC1. The Morgan fingerprint density at radius 3 is 2.71 bits per heavy atom. The number of piperidine rings is 1. The van der Waals surface area contributed by atoms with Gasteiger partial charge in [-0.2, -0.15) is 0 Å². The number of nitrogens with zero attached hydrogens (tertiary/aromatic N) is 3. The number of benzene rings is 1. The molecular weight excluding hydrogens is 405 g/mol. The summed E-state index contributed by atoms with van der Waals surface area (Å²) in [5.74, 6) is 0.508. The van der Waals surface area contributed by atoms with Crippen molar-refractivity contribution in [3.8, 4) is 11.6 Å². The van der Waals surface area contributed by atoms with E-state index in [9.17, 15) is 10.0 Å². The van der Waals surface area contributed by atoms with E-state index in [4.69, 9.17) is 32.7 Å². The van der Waals surface area contributed by atoms with E-state index < -0.39 is 0 Å². The third-order valence-electron chi connectivity index (χ3n) is 4.54. The van der Waals surface area contributed by atoms with Gasteiger partial charge in [-0.3, -0.25) is 4.79 Å².